The maximum Gasteiger partial charge on any atom is 0.258 e. The van der Waals surface area contributed by atoms with Gasteiger partial charge in [-0.1, -0.05) is 12.1 Å². The van der Waals surface area contributed by atoms with Crippen LogP contribution in [-0.4, -0.2) is 22.7 Å². The van der Waals surface area contributed by atoms with Gasteiger partial charge in [-0.25, -0.2) is 0 Å². The summed E-state index contributed by atoms with van der Waals surface area (Å²) in [4.78, 5) is 11.8. The van der Waals surface area contributed by atoms with E-state index in [-0.39, 0.29) is 5.91 Å². The molecule has 88 valence electrons. The van der Waals surface area contributed by atoms with Gasteiger partial charge in [0.2, 0.25) is 0 Å². The molecule has 0 radical (unpaired) electrons. The Morgan fingerprint density at radius 3 is 3.00 bits per heavy atom. The first-order chi connectivity index (χ1) is 8.31. The van der Waals surface area contributed by atoms with Crippen molar-refractivity contribution in [1.29, 1.82) is 0 Å². The molecule has 5 nitrogen and oxygen atoms in total. The lowest BCUT2D eigenvalue weighted by molar-refractivity contribution is 0.102. The van der Waals surface area contributed by atoms with Gasteiger partial charge < -0.3 is 10.1 Å². The normalized spacial score (nSPS) is 9.94. The van der Waals surface area contributed by atoms with Crippen molar-refractivity contribution < 1.29 is 9.53 Å². The molecule has 17 heavy (non-hydrogen) atoms. The number of nitrogens with zero attached hydrogens (tertiary/aromatic N) is 1. The lowest BCUT2D eigenvalue weighted by Crippen LogP contribution is -2.12. The third-order valence-electron chi connectivity index (χ3n) is 2.20. The van der Waals surface area contributed by atoms with Crippen LogP contribution in [0, 0.1) is 0 Å². The average molecular weight is 231 g/mol. The lowest BCUT2D eigenvalue weighted by Gasteiger charge is -2.10. The Balaban J connectivity index is 2.15. The molecule has 2 rings (SSSR count). The molecule has 1 amide bonds. The Morgan fingerprint density at radius 1 is 1.47 bits per heavy atom. The SMILES string of the molecule is CCOc1ccccc1NC(=O)c1cn[nH]c1. The molecule has 1 aromatic carbocycles. The van der Waals surface area contributed by atoms with Crippen molar-refractivity contribution in [2.75, 3.05) is 11.9 Å². The zero-order chi connectivity index (χ0) is 12.1. The standard InChI is InChI=1S/C12H13N3O2/c1-2-17-11-6-4-3-5-10(11)15-12(16)9-7-13-14-8-9/h3-8H,2H2,1H3,(H,13,14)(H,15,16). The van der Waals surface area contributed by atoms with Gasteiger partial charge in [0.1, 0.15) is 5.75 Å². The first kappa shape index (κ1) is 11.2. The van der Waals surface area contributed by atoms with Crippen molar-refractivity contribution >= 4 is 11.6 Å². The van der Waals surface area contributed by atoms with Crippen LogP contribution in [0.3, 0.4) is 0 Å². The van der Waals surface area contributed by atoms with Gasteiger partial charge in [0.25, 0.3) is 5.91 Å². The summed E-state index contributed by atoms with van der Waals surface area (Å²) in [6, 6.07) is 7.31. The van der Waals surface area contributed by atoms with Gasteiger partial charge in [0.15, 0.2) is 0 Å². The van der Waals surface area contributed by atoms with E-state index in [0.29, 0.717) is 23.6 Å². The van der Waals surface area contributed by atoms with Gasteiger partial charge in [-0.2, -0.15) is 5.10 Å². The fraction of sp³-hybridized carbons (Fsp3) is 0.167. The van der Waals surface area contributed by atoms with Crippen LogP contribution in [0.2, 0.25) is 0 Å². The summed E-state index contributed by atoms with van der Waals surface area (Å²) < 4.78 is 5.42. The first-order valence-corrected chi connectivity index (χ1v) is 5.33. The number of para-hydroxylation sites is 2. The van der Waals surface area contributed by atoms with E-state index in [1.165, 1.54) is 6.20 Å². The number of carbonyl (C=O) groups excluding carboxylic acids is 1. The number of aromatic nitrogens is 2. The molecule has 5 heteroatoms. The number of amides is 1. The number of hydrogen-bond donors (Lipinski definition) is 2. The predicted molar refractivity (Wildman–Crippen MR) is 64.2 cm³/mol. The van der Waals surface area contributed by atoms with Crippen molar-refractivity contribution in [2.24, 2.45) is 0 Å². The summed E-state index contributed by atoms with van der Waals surface area (Å²) in [6.07, 6.45) is 3.01. The van der Waals surface area contributed by atoms with Gasteiger partial charge >= 0.3 is 0 Å². The van der Waals surface area contributed by atoms with E-state index in [0.717, 1.165) is 0 Å². The van der Waals surface area contributed by atoms with E-state index in [1.807, 2.05) is 25.1 Å². The van der Waals surface area contributed by atoms with E-state index >= 15 is 0 Å². The minimum Gasteiger partial charge on any atom is -0.492 e. The summed E-state index contributed by atoms with van der Waals surface area (Å²) in [5, 5.41) is 9.09. The van der Waals surface area contributed by atoms with Crippen LogP contribution in [0.5, 0.6) is 5.75 Å². The molecule has 0 unspecified atom stereocenters. The van der Waals surface area contributed by atoms with Crippen LogP contribution in [-0.2, 0) is 0 Å². The molecule has 0 atom stereocenters. The van der Waals surface area contributed by atoms with Gasteiger partial charge in [-0.15, -0.1) is 0 Å². The van der Waals surface area contributed by atoms with E-state index in [2.05, 4.69) is 15.5 Å². The van der Waals surface area contributed by atoms with Crippen LogP contribution in [0.25, 0.3) is 0 Å². The Hall–Kier alpha value is -2.30. The number of ether oxygens (including phenoxy) is 1. The fourth-order valence-corrected chi connectivity index (χ4v) is 1.42. The number of carbonyl (C=O) groups is 1. The second-order valence-corrected chi connectivity index (χ2v) is 3.37. The highest BCUT2D eigenvalue weighted by atomic mass is 16.5. The van der Waals surface area contributed by atoms with Gasteiger partial charge in [0.05, 0.1) is 24.1 Å². The van der Waals surface area contributed by atoms with Crippen LogP contribution < -0.4 is 10.1 Å². The Labute approximate surface area is 98.8 Å². The van der Waals surface area contributed by atoms with Crippen molar-refractivity contribution in [2.45, 2.75) is 6.92 Å². The summed E-state index contributed by atoms with van der Waals surface area (Å²) >= 11 is 0. The zero-order valence-electron chi connectivity index (χ0n) is 9.43. The minimum absolute atomic E-state index is 0.217. The molecule has 1 heterocycles. The third-order valence-corrected chi connectivity index (χ3v) is 2.20. The molecule has 2 N–H and O–H groups in total. The number of anilines is 1. The number of aromatic amines is 1. The second kappa shape index (κ2) is 5.16. The largest absolute Gasteiger partial charge is 0.492 e. The third kappa shape index (κ3) is 2.63. The smallest absolute Gasteiger partial charge is 0.258 e. The van der Waals surface area contributed by atoms with E-state index in [9.17, 15) is 4.79 Å². The quantitative estimate of drug-likeness (QED) is 0.846. The summed E-state index contributed by atoms with van der Waals surface area (Å²) in [6.45, 7) is 2.45. The molecule has 0 saturated heterocycles. The van der Waals surface area contributed by atoms with Crippen molar-refractivity contribution in [3.8, 4) is 5.75 Å². The topological polar surface area (TPSA) is 67.0 Å². The van der Waals surface area contributed by atoms with Gasteiger partial charge in [0, 0.05) is 6.20 Å². The monoisotopic (exact) mass is 231 g/mol. The van der Waals surface area contributed by atoms with Crippen molar-refractivity contribution in [3.05, 3.63) is 42.2 Å². The molecule has 1 aromatic heterocycles. The molecular formula is C12H13N3O2. The second-order valence-electron chi connectivity index (χ2n) is 3.37. The molecule has 0 spiro atoms. The maximum atomic E-state index is 11.8. The minimum atomic E-state index is -0.217. The molecule has 2 aromatic rings. The number of nitrogens with one attached hydrogen (secondary N) is 2. The molecule has 0 aliphatic rings. The number of benzene rings is 1. The lowest BCUT2D eigenvalue weighted by atomic mass is 10.2. The number of rotatable bonds is 4. The molecule has 0 bridgehead atoms. The molecular weight excluding hydrogens is 218 g/mol. The van der Waals surface area contributed by atoms with E-state index < -0.39 is 0 Å². The van der Waals surface area contributed by atoms with Gasteiger partial charge in [-0.05, 0) is 19.1 Å². The summed E-state index contributed by atoms with van der Waals surface area (Å²) in [5.74, 6) is 0.442. The fourth-order valence-electron chi connectivity index (χ4n) is 1.42. The number of hydrogen-bond acceptors (Lipinski definition) is 3. The highest BCUT2D eigenvalue weighted by molar-refractivity contribution is 6.04. The molecule has 0 saturated carbocycles. The van der Waals surface area contributed by atoms with Crippen molar-refractivity contribution in [3.63, 3.8) is 0 Å². The van der Waals surface area contributed by atoms with E-state index in [1.54, 1.807) is 12.3 Å². The van der Waals surface area contributed by atoms with Crippen molar-refractivity contribution in [1.82, 2.24) is 10.2 Å². The zero-order valence-corrected chi connectivity index (χ0v) is 9.43. The van der Waals surface area contributed by atoms with Crippen LogP contribution >= 0.6 is 0 Å². The van der Waals surface area contributed by atoms with E-state index in [4.69, 9.17) is 4.74 Å². The van der Waals surface area contributed by atoms with Crippen LogP contribution in [0.1, 0.15) is 17.3 Å². The summed E-state index contributed by atoms with van der Waals surface area (Å²) in [5.41, 5.74) is 1.14. The Morgan fingerprint density at radius 2 is 2.29 bits per heavy atom. The number of H-pyrrole nitrogens is 1. The summed E-state index contributed by atoms with van der Waals surface area (Å²) in [7, 11) is 0. The van der Waals surface area contributed by atoms with Gasteiger partial charge in [-0.3, -0.25) is 9.89 Å². The molecule has 0 aliphatic carbocycles. The predicted octanol–water partition coefficient (Wildman–Crippen LogP) is 2.06. The molecule has 0 fully saturated rings. The Kier molecular flexibility index (Phi) is 3.40. The van der Waals surface area contributed by atoms with Crippen LogP contribution in [0.15, 0.2) is 36.7 Å². The Bertz CT molecular complexity index is 494. The average Bonchev–Trinajstić information content (AvgIpc) is 2.85. The highest BCUT2D eigenvalue weighted by Gasteiger charge is 2.09. The first-order valence-electron chi connectivity index (χ1n) is 5.33. The molecule has 0 aliphatic heterocycles. The van der Waals surface area contributed by atoms with Crippen LogP contribution in [0.4, 0.5) is 5.69 Å². The highest BCUT2D eigenvalue weighted by Crippen LogP contribution is 2.24. The maximum absolute atomic E-state index is 11.8.